The van der Waals surface area contributed by atoms with Gasteiger partial charge < -0.3 is 23.8 Å². The van der Waals surface area contributed by atoms with E-state index >= 15 is 4.79 Å². The zero-order valence-electron chi connectivity index (χ0n) is 35.2. The topological polar surface area (TPSA) is 180 Å². The van der Waals surface area contributed by atoms with Crippen LogP contribution in [0.15, 0.2) is 41.7 Å². The molecule has 1 saturated heterocycles. The minimum Gasteiger partial charge on any atom is -0.496 e. The van der Waals surface area contributed by atoms with Crippen LogP contribution in [0.1, 0.15) is 102 Å². The number of cyclic esters (lactones) is 1. The third-order valence-corrected chi connectivity index (χ3v) is 15.8. The van der Waals surface area contributed by atoms with E-state index in [0.29, 0.717) is 47.5 Å². The molecule has 61 heavy (non-hydrogen) atoms. The number of hydrogen-bond donors (Lipinski definition) is 1. The van der Waals surface area contributed by atoms with Gasteiger partial charge in [-0.05, 0) is 80.2 Å². The minimum absolute atomic E-state index is 0.0442. The average molecular weight is 877 g/mol. The number of ketones is 1. The van der Waals surface area contributed by atoms with Gasteiger partial charge in [-0.1, -0.05) is 32.8 Å². The number of fused-ring (bicyclic) bond motifs is 3. The summed E-state index contributed by atoms with van der Waals surface area (Å²) in [6.45, 7) is 8.41. The Morgan fingerprint density at radius 3 is 2.59 bits per heavy atom. The Hall–Kier alpha value is -4.57. The normalized spacial score (nSPS) is 27.2. The minimum atomic E-state index is -3.87. The molecule has 1 N–H and O–H groups in total. The maximum Gasteiger partial charge on any atom is 0.306 e. The van der Waals surface area contributed by atoms with Gasteiger partial charge >= 0.3 is 5.97 Å². The van der Waals surface area contributed by atoms with Crippen LogP contribution in [0.4, 0.5) is 0 Å². The van der Waals surface area contributed by atoms with Crippen molar-refractivity contribution in [3.8, 4) is 17.4 Å². The maximum atomic E-state index is 15.0. The highest BCUT2D eigenvalue weighted by Gasteiger charge is 2.61. The van der Waals surface area contributed by atoms with Gasteiger partial charge in [0, 0.05) is 35.7 Å². The van der Waals surface area contributed by atoms with E-state index in [1.54, 1.807) is 29.7 Å². The number of hydrogen-bond acceptors (Lipinski definition) is 13. The zero-order valence-corrected chi connectivity index (χ0v) is 36.8. The number of nitrogens with zero attached hydrogens (tertiary/aromatic N) is 3. The zero-order chi connectivity index (χ0) is 43.1. The summed E-state index contributed by atoms with van der Waals surface area (Å²) in [5.41, 5.74) is 2.35. The Bertz CT molecular complexity index is 2290. The number of sulfonamides is 1. The lowest BCUT2D eigenvalue weighted by Crippen LogP contribution is -2.47. The molecule has 3 aromatic rings. The van der Waals surface area contributed by atoms with Crippen LogP contribution in [0.5, 0.6) is 17.4 Å². The van der Waals surface area contributed by atoms with Crippen LogP contribution < -0.4 is 18.9 Å². The maximum absolute atomic E-state index is 15.0. The molecule has 328 valence electrons. The highest BCUT2D eigenvalue weighted by atomic mass is 32.2. The van der Waals surface area contributed by atoms with Gasteiger partial charge in [-0.2, -0.15) is 0 Å². The van der Waals surface area contributed by atoms with E-state index < -0.39 is 56.5 Å². The summed E-state index contributed by atoms with van der Waals surface area (Å²) >= 11 is 1.46. The Kier molecular flexibility index (Phi) is 12.2. The van der Waals surface area contributed by atoms with Crippen LogP contribution in [0, 0.1) is 28.6 Å². The van der Waals surface area contributed by atoms with E-state index in [1.807, 2.05) is 17.5 Å². The van der Waals surface area contributed by atoms with Crippen LogP contribution in [0.25, 0.3) is 10.9 Å². The van der Waals surface area contributed by atoms with Gasteiger partial charge in [-0.3, -0.25) is 23.9 Å². The number of aromatic nitrogens is 2. The standard InChI is InChI=1S/C45H56N4O10S2/c1-5-29-20-45(29,43(53)48-61(54,55)32-12-13-32)21-37(50)36-16-31-22-49(36)42(52)33(27-9-6-7-10-27)17-41(51)58-25-44(2,3)14-8-11-28-15-34-35(18-38(28)56-4)47-40(19-39(34)59-31)57-23-30-24-60-26-46-30/h5,15,18-19,24,26-27,29,31-33,36H,1,6-14,16-17,20-23,25H2,2-4H3,(H,48,53)/t29-,31-,33+,36+,45-/m1/s1. The molecule has 14 nitrogen and oxygen atoms in total. The van der Waals surface area contributed by atoms with Gasteiger partial charge in [-0.25, -0.2) is 18.4 Å². The third kappa shape index (κ3) is 9.45. The molecule has 0 radical (unpaired) electrons. The number of methoxy groups -OCH3 is 1. The second-order valence-corrected chi connectivity index (χ2v) is 21.1. The van der Waals surface area contributed by atoms with Gasteiger partial charge in [0.15, 0.2) is 5.78 Å². The van der Waals surface area contributed by atoms with Crippen molar-refractivity contribution in [1.82, 2.24) is 19.6 Å². The van der Waals surface area contributed by atoms with E-state index in [9.17, 15) is 22.8 Å². The van der Waals surface area contributed by atoms with Crippen molar-refractivity contribution in [2.45, 2.75) is 121 Å². The van der Waals surface area contributed by atoms with Crippen LogP contribution in [-0.2, 0) is 47.0 Å². The molecule has 8 rings (SSSR count). The SMILES string of the molecule is C=C[C@@H]1C[C@]1(CC(=O)[C@@H]1C[C@@H]2CN1C(=O)[C@H](C1CCCC1)CC(=O)OCC(C)(C)CCCc1cc3c(cc(OCc4cscn4)nc3cc1OC)O2)C(=O)NS(=O)(=O)C1CC1. The lowest BCUT2D eigenvalue weighted by atomic mass is 9.85. The van der Waals surface area contributed by atoms with Gasteiger partial charge in [0.05, 0.1) is 66.0 Å². The van der Waals surface area contributed by atoms with Gasteiger partial charge in [0.2, 0.25) is 27.7 Å². The third-order valence-electron chi connectivity index (χ3n) is 13.4. The fourth-order valence-corrected chi connectivity index (χ4v) is 11.5. The fourth-order valence-electron chi connectivity index (χ4n) is 9.55. The second-order valence-electron chi connectivity index (χ2n) is 18.4. The summed E-state index contributed by atoms with van der Waals surface area (Å²) in [6.07, 6.45) is 7.50. The number of esters is 1. The number of pyridine rings is 1. The molecule has 4 fully saturated rings. The lowest BCUT2D eigenvalue weighted by molar-refractivity contribution is -0.153. The Labute approximate surface area is 361 Å². The first-order valence-corrected chi connectivity index (χ1v) is 24.0. The molecule has 2 aromatic heterocycles. The van der Waals surface area contributed by atoms with Crippen LogP contribution in [0.3, 0.4) is 0 Å². The molecule has 4 bridgehead atoms. The van der Waals surface area contributed by atoms with E-state index in [-0.39, 0.29) is 68.5 Å². The molecule has 5 aliphatic rings. The first-order valence-electron chi connectivity index (χ1n) is 21.5. The Balaban J connectivity index is 1.16. The summed E-state index contributed by atoms with van der Waals surface area (Å²) < 4.78 is 52.8. The number of rotatable bonds is 12. The molecule has 4 heterocycles. The summed E-state index contributed by atoms with van der Waals surface area (Å²) in [4.78, 5) is 67.9. The number of allylic oxidation sites excluding steroid dienone is 1. The van der Waals surface area contributed by atoms with Crippen LogP contribution >= 0.6 is 11.3 Å². The van der Waals surface area contributed by atoms with Crippen molar-refractivity contribution in [2.24, 2.45) is 28.6 Å². The number of benzene rings is 1. The quantitative estimate of drug-likeness (QED) is 0.155. The molecular weight excluding hydrogens is 821 g/mol. The Morgan fingerprint density at radius 2 is 1.90 bits per heavy atom. The van der Waals surface area contributed by atoms with Crippen molar-refractivity contribution < 1.29 is 46.5 Å². The molecule has 3 saturated carbocycles. The molecule has 0 unspecified atom stereocenters. The van der Waals surface area contributed by atoms with Gasteiger partial charge in [-0.15, -0.1) is 17.9 Å². The number of amides is 2. The van der Waals surface area contributed by atoms with E-state index in [2.05, 4.69) is 30.1 Å². The predicted molar refractivity (Wildman–Crippen MR) is 227 cm³/mol. The molecular formula is C45H56N4O10S2. The number of aryl methyl sites for hydroxylation is 1. The van der Waals surface area contributed by atoms with E-state index in [0.717, 1.165) is 49.8 Å². The monoisotopic (exact) mass is 876 g/mol. The fraction of sp³-hybridized carbons (Fsp3) is 0.600. The average Bonchev–Trinajstić information content (AvgIpc) is 3.97. The van der Waals surface area contributed by atoms with Crippen molar-refractivity contribution in [3.05, 3.63) is 53.0 Å². The number of carbonyl (C=O) groups is 4. The largest absolute Gasteiger partial charge is 0.496 e. The van der Waals surface area contributed by atoms with Crippen molar-refractivity contribution >= 4 is 55.8 Å². The van der Waals surface area contributed by atoms with E-state index in [1.165, 1.54) is 11.3 Å². The lowest BCUT2D eigenvalue weighted by Gasteiger charge is -2.31. The van der Waals surface area contributed by atoms with Gasteiger partial charge in [0.1, 0.15) is 24.2 Å². The molecule has 2 aliphatic heterocycles. The number of carbonyl (C=O) groups excluding carboxylic acids is 4. The summed E-state index contributed by atoms with van der Waals surface area (Å²) in [5.74, 6) is -1.64. The second kappa shape index (κ2) is 17.3. The molecule has 2 amide bonds. The molecule has 0 spiro atoms. The van der Waals surface area contributed by atoms with Gasteiger partial charge in [0.25, 0.3) is 0 Å². The highest BCUT2D eigenvalue weighted by Crippen LogP contribution is 2.57. The summed E-state index contributed by atoms with van der Waals surface area (Å²) in [6, 6.07) is 4.59. The molecule has 3 aliphatic carbocycles. The van der Waals surface area contributed by atoms with Crippen molar-refractivity contribution in [1.29, 1.82) is 0 Å². The summed E-state index contributed by atoms with van der Waals surface area (Å²) in [7, 11) is -2.26. The first-order chi connectivity index (χ1) is 29.2. The molecule has 1 aromatic carbocycles. The molecule has 16 heteroatoms. The van der Waals surface area contributed by atoms with Crippen molar-refractivity contribution in [2.75, 3.05) is 20.3 Å². The smallest absolute Gasteiger partial charge is 0.306 e. The highest BCUT2D eigenvalue weighted by molar-refractivity contribution is 7.90. The summed E-state index contributed by atoms with van der Waals surface area (Å²) in [5, 5.41) is 1.99. The van der Waals surface area contributed by atoms with Crippen molar-refractivity contribution in [3.63, 3.8) is 0 Å². The van der Waals surface area contributed by atoms with E-state index in [4.69, 9.17) is 23.9 Å². The number of thiazole rings is 1. The first kappa shape index (κ1) is 43.1. The number of nitrogens with one attached hydrogen (secondary N) is 1. The predicted octanol–water partition coefficient (Wildman–Crippen LogP) is 6.49. The number of ether oxygens (including phenoxy) is 4. The number of Topliss-reactive ketones (excluding diaryl/α,β-unsaturated/α-hetero) is 1. The Morgan fingerprint density at radius 1 is 1.11 bits per heavy atom. The van der Waals surface area contributed by atoms with Crippen LogP contribution in [-0.4, -0.2) is 84.5 Å². The molecule has 5 atom stereocenters. The van der Waals surface area contributed by atoms with Crippen LogP contribution in [0.2, 0.25) is 0 Å².